The van der Waals surface area contributed by atoms with E-state index in [1.54, 1.807) is 26.2 Å². The number of carbonyl (C=O) groups excluding carboxylic acids is 1. The molecule has 174 valence electrons. The quantitative estimate of drug-likeness (QED) is 0.404. The summed E-state index contributed by atoms with van der Waals surface area (Å²) in [5, 5.41) is 0.981. The zero-order valence-corrected chi connectivity index (χ0v) is 19.3. The van der Waals surface area contributed by atoms with Gasteiger partial charge in [0, 0.05) is 43.2 Å². The number of nitrogens with zero attached hydrogens (tertiary/aromatic N) is 4. The first kappa shape index (κ1) is 21.9. The average molecular weight is 461 g/mol. The fourth-order valence-corrected chi connectivity index (χ4v) is 3.85. The number of aromatic nitrogens is 3. The Kier molecular flexibility index (Phi) is 5.65. The largest absolute Gasteiger partial charge is 0.494 e. The van der Waals surface area contributed by atoms with Gasteiger partial charge in [-0.15, -0.1) is 0 Å². The Morgan fingerprint density at radius 3 is 2.68 bits per heavy atom. The van der Waals surface area contributed by atoms with Crippen LogP contribution in [-0.4, -0.2) is 53.2 Å². The molecule has 0 saturated heterocycles. The number of hydrogen-bond donors (Lipinski definition) is 0. The van der Waals surface area contributed by atoms with Crippen molar-refractivity contribution in [2.45, 2.75) is 18.8 Å². The van der Waals surface area contributed by atoms with Crippen molar-refractivity contribution in [2.24, 2.45) is 0 Å². The van der Waals surface area contributed by atoms with E-state index in [9.17, 15) is 9.18 Å². The molecule has 1 saturated carbocycles. The van der Waals surface area contributed by atoms with Crippen molar-refractivity contribution in [3.63, 3.8) is 0 Å². The molecule has 0 atom stereocenters. The molecule has 5 rings (SSSR count). The molecule has 0 spiro atoms. The lowest BCUT2D eigenvalue weighted by Gasteiger charge is -2.13. The fourth-order valence-electron chi connectivity index (χ4n) is 3.85. The maximum atomic E-state index is 14.4. The standard InChI is InChI=1S/C26H25FN4O3/c1-30(2)23(32)15-34-19-6-4-5-18(14-19)31-12-11-20-24(16-7-8-16)28-25(29-26(20)31)17-9-10-22(33-3)21(27)13-17/h4-6,9-14,16H,7-8,15H2,1-3H3. The number of ether oxygens (including phenoxy) is 2. The van der Waals surface area contributed by atoms with Crippen LogP contribution in [0.1, 0.15) is 24.5 Å². The second kappa shape index (κ2) is 8.78. The molecule has 2 aromatic heterocycles. The van der Waals surface area contributed by atoms with E-state index < -0.39 is 5.82 Å². The predicted octanol–water partition coefficient (Wildman–Crippen LogP) is 4.58. The first-order chi connectivity index (χ1) is 16.4. The van der Waals surface area contributed by atoms with Gasteiger partial charge in [0.05, 0.1) is 18.5 Å². The highest BCUT2D eigenvalue weighted by Crippen LogP contribution is 2.43. The Bertz CT molecular complexity index is 1380. The van der Waals surface area contributed by atoms with Crippen molar-refractivity contribution in [2.75, 3.05) is 27.8 Å². The van der Waals surface area contributed by atoms with E-state index in [1.165, 1.54) is 18.1 Å². The second-order valence-electron chi connectivity index (χ2n) is 8.55. The summed E-state index contributed by atoms with van der Waals surface area (Å²) in [5.41, 5.74) is 3.16. The molecule has 1 fully saturated rings. The van der Waals surface area contributed by atoms with Gasteiger partial charge in [-0.1, -0.05) is 6.07 Å². The van der Waals surface area contributed by atoms with Gasteiger partial charge in [-0.05, 0) is 49.2 Å². The molecule has 0 N–H and O–H groups in total. The van der Waals surface area contributed by atoms with Crippen molar-refractivity contribution >= 4 is 16.9 Å². The number of methoxy groups -OCH3 is 1. The molecule has 4 aromatic rings. The summed E-state index contributed by atoms with van der Waals surface area (Å²) in [4.78, 5) is 23.0. The van der Waals surface area contributed by atoms with Crippen LogP contribution in [0.4, 0.5) is 4.39 Å². The minimum Gasteiger partial charge on any atom is -0.494 e. The summed E-state index contributed by atoms with van der Waals surface area (Å²) in [7, 11) is 4.82. The van der Waals surface area contributed by atoms with E-state index in [-0.39, 0.29) is 18.3 Å². The zero-order chi connectivity index (χ0) is 23.8. The minimum absolute atomic E-state index is 0.0376. The summed E-state index contributed by atoms with van der Waals surface area (Å²) < 4.78 is 27.1. The molecule has 8 heteroatoms. The number of likely N-dealkylation sites (N-methyl/N-ethyl adjacent to an activating group) is 1. The molecule has 0 bridgehead atoms. The molecular formula is C26H25FN4O3. The van der Waals surface area contributed by atoms with Crippen molar-refractivity contribution in [3.8, 4) is 28.6 Å². The Hall–Kier alpha value is -3.94. The van der Waals surface area contributed by atoms with Crippen LogP contribution in [0.25, 0.3) is 28.1 Å². The molecule has 7 nitrogen and oxygen atoms in total. The van der Waals surface area contributed by atoms with Crippen LogP contribution in [0.15, 0.2) is 54.7 Å². The Labute approximate surface area is 196 Å². The Balaban J connectivity index is 1.56. The minimum atomic E-state index is -0.454. The van der Waals surface area contributed by atoms with Crippen LogP contribution in [0.3, 0.4) is 0 Å². The van der Waals surface area contributed by atoms with Gasteiger partial charge in [-0.3, -0.25) is 4.79 Å². The van der Waals surface area contributed by atoms with Gasteiger partial charge in [-0.2, -0.15) is 0 Å². The molecular weight excluding hydrogens is 435 g/mol. The number of amides is 1. The van der Waals surface area contributed by atoms with Gasteiger partial charge >= 0.3 is 0 Å². The van der Waals surface area contributed by atoms with Crippen LogP contribution in [0.5, 0.6) is 11.5 Å². The maximum Gasteiger partial charge on any atom is 0.259 e. The Morgan fingerprint density at radius 1 is 1.15 bits per heavy atom. The third-order valence-electron chi connectivity index (χ3n) is 5.90. The topological polar surface area (TPSA) is 69.5 Å². The highest BCUT2D eigenvalue weighted by molar-refractivity contribution is 5.83. The molecule has 0 unspecified atom stereocenters. The molecule has 2 aromatic carbocycles. The number of rotatable bonds is 7. The summed E-state index contributed by atoms with van der Waals surface area (Å²) >= 11 is 0. The summed E-state index contributed by atoms with van der Waals surface area (Å²) in [6.45, 7) is -0.0376. The van der Waals surface area contributed by atoms with Crippen molar-refractivity contribution in [3.05, 3.63) is 66.2 Å². The third kappa shape index (κ3) is 4.19. The summed E-state index contributed by atoms with van der Waals surface area (Å²) in [6.07, 6.45) is 4.11. The van der Waals surface area contributed by atoms with Gasteiger partial charge in [-0.25, -0.2) is 14.4 Å². The first-order valence-electron chi connectivity index (χ1n) is 11.1. The smallest absolute Gasteiger partial charge is 0.259 e. The highest BCUT2D eigenvalue weighted by atomic mass is 19.1. The van der Waals surface area contributed by atoms with Crippen molar-refractivity contribution in [1.82, 2.24) is 19.4 Å². The lowest BCUT2D eigenvalue weighted by molar-refractivity contribution is -0.130. The monoisotopic (exact) mass is 460 g/mol. The number of halogens is 1. The normalized spacial score (nSPS) is 13.2. The number of benzene rings is 2. The lowest BCUT2D eigenvalue weighted by Crippen LogP contribution is -2.27. The van der Waals surface area contributed by atoms with Crippen LogP contribution in [-0.2, 0) is 4.79 Å². The lowest BCUT2D eigenvalue weighted by atomic mass is 10.1. The molecule has 0 aliphatic heterocycles. The van der Waals surface area contributed by atoms with E-state index in [1.807, 2.05) is 41.1 Å². The Morgan fingerprint density at radius 2 is 1.97 bits per heavy atom. The number of carbonyl (C=O) groups is 1. The second-order valence-corrected chi connectivity index (χ2v) is 8.55. The van der Waals surface area contributed by atoms with E-state index in [0.29, 0.717) is 23.1 Å². The average Bonchev–Trinajstić information content (AvgIpc) is 3.60. The summed E-state index contributed by atoms with van der Waals surface area (Å²) in [5.74, 6) is 1.05. The third-order valence-corrected chi connectivity index (χ3v) is 5.90. The predicted molar refractivity (Wildman–Crippen MR) is 127 cm³/mol. The van der Waals surface area contributed by atoms with Crippen molar-refractivity contribution < 1.29 is 18.7 Å². The molecule has 34 heavy (non-hydrogen) atoms. The van der Waals surface area contributed by atoms with Crippen LogP contribution < -0.4 is 9.47 Å². The van der Waals surface area contributed by atoms with Gasteiger partial charge in [0.15, 0.2) is 24.0 Å². The van der Waals surface area contributed by atoms with Gasteiger partial charge in [0.25, 0.3) is 5.91 Å². The first-order valence-corrected chi connectivity index (χ1v) is 11.1. The maximum absolute atomic E-state index is 14.4. The fraction of sp³-hybridized carbons (Fsp3) is 0.269. The van der Waals surface area contributed by atoms with Gasteiger partial charge in [0.1, 0.15) is 11.4 Å². The molecule has 2 heterocycles. The van der Waals surface area contributed by atoms with E-state index in [2.05, 4.69) is 0 Å². The van der Waals surface area contributed by atoms with Crippen LogP contribution in [0, 0.1) is 5.82 Å². The van der Waals surface area contributed by atoms with Gasteiger partial charge in [0.2, 0.25) is 0 Å². The molecule has 1 aliphatic carbocycles. The summed E-state index contributed by atoms with van der Waals surface area (Å²) in [6, 6.07) is 14.3. The zero-order valence-electron chi connectivity index (χ0n) is 19.3. The molecule has 1 amide bonds. The van der Waals surface area contributed by atoms with E-state index in [4.69, 9.17) is 19.4 Å². The van der Waals surface area contributed by atoms with Gasteiger partial charge < -0.3 is 18.9 Å². The molecule has 1 aliphatic rings. The van der Waals surface area contributed by atoms with Crippen LogP contribution in [0.2, 0.25) is 0 Å². The van der Waals surface area contributed by atoms with Crippen molar-refractivity contribution in [1.29, 1.82) is 0 Å². The SMILES string of the molecule is COc1ccc(-c2nc(C3CC3)c3ccn(-c4cccc(OCC(=O)N(C)C)c4)c3n2)cc1F. The number of hydrogen-bond acceptors (Lipinski definition) is 5. The van der Waals surface area contributed by atoms with Crippen LogP contribution >= 0.6 is 0 Å². The van der Waals surface area contributed by atoms with E-state index >= 15 is 0 Å². The number of fused-ring (bicyclic) bond motifs is 1. The molecule has 0 radical (unpaired) electrons. The van der Waals surface area contributed by atoms with E-state index in [0.717, 1.165) is 35.3 Å². The highest BCUT2D eigenvalue weighted by Gasteiger charge is 2.29.